The first-order valence-corrected chi connectivity index (χ1v) is 7.69. The van der Waals surface area contributed by atoms with E-state index < -0.39 is 0 Å². The summed E-state index contributed by atoms with van der Waals surface area (Å²) in [5, 5.41) is 3.39. The molecule has 0 aromatic heterocycles. The second kappa shape index (κ2) is 6.55. The molecule has 2 rings (SSSR count). The van der Waals surface area contributed by atoms with Crippen molar-refractivity contribution >= 4 is 5.91 Å². The number of hydrogen-bond acceptors (Lipinski definition) is 2. The molecular weight excluding hydrogens is 224 g/mol. The van der Waals surface area contributed by atoms with E-state index >= 15 is 0 Å². The number of nitrogens with one attached hydrogen (secondary N) is 1. The van der Waals surface area contributed by atoms with E-state index in [1.54, 1.807) is 0 Å². The van der Waals surface area contributed by atoms with Gasteiger partial charge in [-0.2, -0.15) is 0 Å². The summed E-state index contributed by atoms with van der Waals surface area (Å²) in [5.74, 6) is 1.41. The van der Waals surface area contributed by atoms with Gasteiger partial charge in [0, 0.05) is 31.6 Å². The Kier molecular flexibility index (Phi) is 5.04. The molecule has 1 saturated carbocycles. The van der Waals surface area contributed by atoms with Gasteiger partial charge in [0.2, 0.25) is 5.91 Å². The molecule has 2 unspecified atom stereocenters. The van der Waals surface area contributed by atoms with Crippen molar-refractivity contribution in [1.82, 2.24) is 10.2 Å². The molecular formula is C15H28N2O. The summed E-state index contributed by atoms with van der Waals surface area (Å²) >= 11 is 0. The molecule has 3 nitrogen and oxygen atoms in total. The highest BCUT2D eigenvalue weighted by molar-refractivity contribution is 5.78. The monoisotopic (exact) mass is 252 g/mol. The molecule has 1 aliphatic carbocycles. The minimum Gasteiger partial charge on any atom is -0.340 e. The molecule has 1 saturated heterocycles. The number of carbonyl (C=O) groups excluding carboxylic acids is 1. The Hall–Kier alpha value is -0.570. The second-order valence-electron chi connectivity index (χ2n) is 6.28. The molecule has 2 atom stereocenters. The highest BCUT2D eigenvalue weighted by Gasteiger charge is 2.26. The molecule has 0 spiro atoms. The highest BCUT2D eigenvalue weighted by Crippen LogP contribution is 2.29. The van der Waals surface area contributed by atoms with Crippen molar-refractivity contribution < 1.29 is 4.79 Å². The zero-order chi connectivity index (χ0) is 13.0. The van der Waals surface area contributed by atoms with Gasteiger partial charge in [-0.25, -0.2) is 0 Å². The molecule has 1 aliphatic heterocycles. The fourth-order valence-corrected chi connectivity index (χ4v) is 3.47. The molecule has 3 heteroatoms. The number of amides is 1. The van der Waals surface area contributed by atoms with E-state index in [0.29, 0.717) is 11.9 Å². The third-order valence-electron chi connectivity index (χ3n) is 4.51. The molecule has 0 aromatic carbocycles. The molecule has 0 bridgehead atoms. The fraction of sp³-hybridized carbons (Fsp3) is 0.933. The molecule has 2 aliphatic rings. The van der Waals surface area contributed by atoms with Crippen LogP contribution < -0.4 is 5.32 Å². The Morgan fingerprint density at radius 3 is 2.72 bits per heavy atom. The number of nitrogens with zero attached hydrogens (tertiary/aromatic N) is 1. The van der Waals surface area contributed by atoms with Crippen LogP contribution in [0, 0.1) is 11.8 Å². The Bertz CT molecular complexity index is 274. The first-order valence-electron chi connectivity index (χ1n) is 7.69. The van der Waals surface area contributed by atoms with Gasteiger partial charge in [0.05, 0.1) is 0 Å². The van der Waals surface area contributed by atoms with Gasteiger partial charge in [0.15, 0.2) is 0 Å². The SMILES string of the molecule is CC1CN(C(=O)C(C)CC2CCCCC2)CCN1. The van der Waals surface area contributed by atoms with Crippen molar-refractivity contribution in [2.24, 2.45) is 11.8 Å². The van der Waals surface area contributed by atoms with E-state index in [1.807, 2.05) is 0 Å². The van der Waals surface area contributed by atoms with Gasteiger partial charge in [-0.3, -0.25) is 4.79 Å². The Morgan fingerprint density at radius 2 is 2.06 bits per heavy atom. The van der Waals surface area contributed by atoms with Gasteiger partial charge in [0.1, 0.15) is 0 Å². The van der Waals surface area contributed by atoms with Crippen LogP contribution in [0.4, 0.5) is 0 Å². The zero-order valence-corrected chi connectivity index (χ0v) is 12.0. The van der Waals surface area contributed by atoms with Crippen LogP contribution >= 0.6 is 0 Å². The lowest BCUT2D eigenvalue weighted by molar-refractivity contribution is -0.136. The summed E-state index contributed by atoms with van der Waals surface area (Å²) < 4.78 is 0. The molecule has 1 heterocycles. The van der Waals surface area contributed by atoms with E-state index in [2.05, 4.69) is 24.1 Å². The van der Waals surface area contributed by atoms with Crippen LogP contribution in [0.2, 0.25) is 0 Å². The minimum atomic E-state index is 0.221. The molecule has 1 N–H and O–H groups in total. The van der Waals surface area contributed by atoms with Crippen molar-refractivity contribution in [2.75, 3.05) is 19.6 Å². The van der Waals surface area contributed by atoms with Crippen LogP contribution in [0.15, 0.2) is 0 Å². The lowest BCUT2D eigenvalue weighted by Crippen LogP contribution is -2.52. The van der Waals surface area contributed by atoms with Crippen LogP contribution in [-0.2, 0) is 4.79 Å². The smallest absolute Gasteiger partial charge is 0.225 e. The van der Waals surface area contributed by atoms with Gasteiger partial charge in [-0.05, 0) is 19.3 Å². The molecule has 0 radical (unpaired) electrons. The van der Waals surface area contributed by atoms with Crippen molar-refractivity contribution in [2.45, 2.75) is 58.4 Å². The van der Waals surface area contributed by atoms with Crippen molar-refractivity contribution in [3.8, 4) is 0 Å². The first kappa shape index (κ1) is 13.9. The maximum atomic E-state index is 12.4. The maximum Gasteiger partial charge on any atom is 0.225 e. The molecule has 2 fully saturated rings. The van der Waals surface area contributed by atoms with Crippen molar-refractivity contribution in [3.63, 3.8) is 0 Å². The summed E-state index contributed by atoms with van der Waals surface area (Å²) in [6.07, 6.45) is 7.93. The van der Waals surface area contributed by atoms with Crippen molar-refractivity contribution in [3.05, 3.63) is 0 Å². The van der Waals surface area contributed by atoms with Gasteiger partial charge in [-0.1, -0.05) is 39.0 Å². The van der Waals surface area contributed by atoms with E-state index in [4.69, 9.17) is 0 Å². The van der Waals surface area contributed by atoms with Crippen LogP contribution in [0.5, 0.6) is 0 Å². The standard InChI is InChI=1S/C15H28N2O/c1-12(10-14-6-4-3-5-7-14)15(18)17-9-8-16-13(2)11-17/h12-14,16H,3-11H2,1-2H3. The van der Waals surface area contributed by atoms with Gasteiger partial charge < -0.3 is 10.2 Å². The average Bonchev–Trinajstić information content (AvgIpc) is 2.39. The van der Waals surface area contributed by atoms with Crippen LogP contribution in [0.1, 0.15) is 52.4 Å². The number of hydrogen-bond donors (Lipinski definition) is 1. The maximum absolute atomic E-state index is 12.4. The Labute approximate surface area is 111 Å². The summed E-state index contributed by atoms with van der Waals surface area (Å²) in [6.45, 7) is 7.00. The molecule has 1 amide bonds. The van der Waals surface area contributed by atoms with Crippen LogP contribution in [-0.4, -0.2) is 36.5 Å². The number of piperazine rings is 1. The summed E-state index contributed by atoms with van der Waals surface area (Å²) in [6, 6.07) is 0.449. The minimum absolute atomic E-state index is 0.221. The number of rotatable bonds is 3. The lowest BCUT2D eigenvalue weighted by Gasteiger charge is -2.34. The Morgan fingerprint density at radius 1 is 1.33 bits per heavy atom. The lowest BCUT2D eigenvalue weighted by atomic mass is 9.83. The van der Waals surface area contributed by atoms with E-state index in [-0.39, 0.29) is 5.92 Å². The third kappa shape index (κ3) is 3.71. The van der Waals surface area contributed by atoms with E-state index in [0.717, 1.165) is 32.0 Å². The second-order valence-corrected chi connectivity index (χ2v) is 6.28. The van der Waals surface area contributed by atoms with Crippen LogP contribution in [0.25, 0.3) is 0 Å². The van der Waals surface area contributed by atoms with E-state index in [1.165, 1.54) is 32.1 Å². The fourth-order valence-electron chi connectivity index (χ4n) is 3.47. The van der Waals surface area contributed by atoms with Gasteiger partial charge in [0.25, 0.3) is 0 Å². The highest BCUT2D eigenvalue weighted by atomic mass is 16.2. The van der Waals surface area contributed by atoms with Gasteiger partial charge in [-0.15, -0.1) is 0 Å². The summed E-state index contributed by atoms with van der Waals surface area (Å²) in [5.41, 5.74) is 0. The zero-order valence-electron chi connectivity index (χ0n) is 12.0. The first-order chi connectivity index (χ1) is 8.66. The summed E-state index contributed by atoms with van der Waals surface area (Å²) in [7, 11) is 0. The van der Waals surface area contributed by atoms with Gasteiger partial charge >= 0.3 is 0 Å². The quantitative estimate of drug-likeness (QED) is 0.836. The van der Waals surface area contributed by atoms with E-state index in [9.17, 15) is 4.79 Å². The van der Waals surface area contributed by atoms with Crippen molar-refractivity contribution in [1.29, 1.82) is 0 Å². The largest absolute Gasteiger partial charge is 0.340 e. The third-order valence-corrected chi connectivity index (χ3v) is 4.51. The van der Waals surface area contributed by atoms with Crippen LogP contribution in [0.3, 0.4) is 0 Å². The summed E-state index contributed by atoms with van der Waals surface area (Å²) in [4.78, 5) is 14.5. The normalized spacial score (nSPS) is 28.1. The molecule has 104 valence electrons. The topological polar surface area (TPSA) is 32.3 Å². The predicted molar refractivity (Wildman–Crippen MR) is 74.4 cm³/mol. The molecule has 18 heavy (non-hydrogen) atoms. The predicted octanol–water partition coefficient (Wildman–Crippen LogP) is 2.41. The Balaban J connectivity index is 1.79. The number of carbonyl (C=O) groups is 1. The molecule has 0 aromatic rings. The average molecular weight is 252 g/mol.